The molecule has 0 unspecified atom stereocenters. The van der Waals surface area contributed by atoms with Crippen molar-refractivity contribution in [3.63, 3.8) is 0 Å². The second-order valence-electron chi connectivity index (χ2n) is 13.4. The number of aromatic hydroxyl groups is 3. The Morgan fingerprint density at radius 1 is 0.818 bits per heavy atom. The van der Waals surface area contributed by atoms with Gasteiger partial charge >= 0.3 is 0 Å². The number of phenols is 3. The van der Waals surface area contributed by atoms with Crippen LogP contribution >= 0.6 is 0 Å². The van der Waals surface area contributed by atoms with E-state index in [1.54, 1.807) is 19.9 Å². The number of aliphatic hydroxyl groups excluding tert-OH is 1. The van der Waals surface area contributed by atoms with E-state index >= 15 is 0 Å². The van der Waals surface area contributed by atoms with E-state index in [9.17, 15) is 40.2 Å². The smallest absolute Gasteiger partial charge is 0.169 e. The lowest BCUT2D eigenvalue weighted by Crippen LogP contribution is -2.38. The predicted octanol–water partition coefficient (Wildman–Crippen LogP) is 3.94. The molecule has 0 saturated carbocycles. The van der Waals surface area contributed by atoms with Crippen LogP contribution in [-0.4, -0.2) is 73.7 Å². The van der Waals surface area contributed by atoms with Gasteiger partial charge < -0.3 is 40.1 Å². The van der Waals surface area contributed by atoms with E-state index in [-0.39, 0.29) is 82.4 Å². The van der Waals surface area contributed by atoms with Crippen molar-refractivity contribution in [2.75, 3.05) is 14.2 Å². The van der Waals surface area contributed by atoms with Crippen LogP contribution < -0.4 is 4.74 Å². The van der Waals surface area contributed by atoms with Gasteiger partial charge in [0.25, 0.3) is 0 Å². The number of fused-ring (bicyclic) bond motifs is 4. The van der Waals surface area contributed by atoms with Gasteiger partial charge in [-0.15, -0.1) is 0 Å². The van der Waals surface area contributed by atoms with Gasteiger partial charge in [0.05, 0.1) is 47.0 Å². The first-order chi connectivity index (χ1) is 20.5. The second-order valence-corrected chi connectivity index (χ2v) is 13.4. The maximum absolute atomic E-state index is 13.6. The minimum Gasteiger partial charge on any atom is -0.507 e. The van der Waals surface area contributed by atoms with Crippen LogP contribution in [-0.2, 0) is 24.0 Å². The number of phenolic OH excluding ortho intramolecular Hbond substituents is 3. The van der Waals surface area contributed by atoms with Crippen LogP contribution in [0.2, 0.25) is 0 Å². The molecule has 6 N–H and O–H groups in total. The third-order valence-electron chi connectivity index (χ3n) is 9.85. The summed E-state index contributed by atoms with van der Waals surface area (Å²) >= 11 is 0. The molecule has 0 bridgehead atoms. The molecule has 0 saturated heterocycles. The zero-order chi connectivity index (χ0) is 32.2. The lowest BCUT2D eigenvalue weighted by Gasteiger charge is -2.40. The van der Waals surface area contributed by atoms with Gasteiger partial charge in [-0.05, 0) is 49.1 Å². The van der Waals surface area contributed by atoms with Gasteiger partial charge in [0.2, 0.25) is 0 Å². The molecule has 6 rings (SSSR count). The molecule has 10 nitrogen and oxygen atoms in total. The van der Waals surface area contributed by atoms with Gasteiger partial charge in [0.15, 0.2) is 11.6 Å². The van der Waals surface area contributed by atoms with E-state index in [0.29, 0.717) is 27.8 Å². The fourth-order valence-corrected chi connectivity index (χ4v) is 7.83. The van der Waals surface area contributed by atoms with E-state index in [2.05, 4.69) is 0 Å². The first-order valence-corrected chi connectivity index (χ1v) is 14.7. The number of aliphatic hydroxyl groups is 3. The molecule has 0 heterocycles. The van der Waals surface area contributed by atoms with Crippen LogP contribution in [0.3, 0.4) is 0 Å². The highest BCUT2D eigenvalue weighted by Crippen LogP contribution is 2.57. The third kappa shape index (κ3) is 4.23. The summed E-state index contributed by atoms with van der Waals surface area (Å²) in [6, 6.07) is 1.64. The molecule has 0 fully saturated rings. The van der Waals surface area contributed by atoms with Crippen molar-refractivity contribution in [1.29, 1.82) is 0 Å². The summed E-state index contributed by atoms with van der Waals surface area (Å²) in [5.41, 5.74) is -0.435. The van der Waals surface area contributed by atoms with Crippen molar-refractivity contribution in [3.8, 4) is 34.1 Å². The van der Waals surface area contributed by atoms with E-state index in [0.717, 1.165) is 0 Å². The number of methoxy groups -OCH3 is 2. The molecule has 5 atom stereocenters. The Hall–Kier alpha value is -3.70. The molecule has 3 aliphatic carbocycles. The number of hydrogen-bond acceptors (Lipinski definition) is 10. The lowest BCUT2D eigenvalue weighted by molar-refractivity contribution is -0.0176. The Bertz CT molecular complexity index is 1780. The SMILES string of the molecule is COc1c(C)c(O)c2c(O)c3c(cc2c1-c1c2c(c(O)c4c1C[C@@H](OC)[C@H](C)[C@H]4O)C(=O)C[C@@](C)(O)C2)C[C@](C)(O)CC3=O. The minimum absolute atomic E-state index is 0.00591. The number of carbonyl (C=O) groups excluding carboxylic acids is 2. The lowest BCUT2D eigenvalue weighted by atomic mass is 9.69. The van der Waals surface area contributed by atoms with Crippen LogP contribution in [0.4, 0.5) is 0 Å². The van der Waals surface area contributed by atoms with Crippen LogP contribution in [0, 0.1) is 12.8 Å². The molecule has 10 heteroatoms. The average Bonchev–Trinajstić information content (AvgIpc) is 2.90. The predicted molar refractivity (Wildman–Crippen MR) is 161 cm³/mol. The average molecular weight is 607 g/mol. The summed E-state index contributed by atoms with van der Waals surface area (Å²) in [4.78, 5) is 26.7. The largest absolute Gasteiger partial charge is 0.507 e. The monoisotopic (exact) mass is 606 g/mol. The van der Waals surface area contributed by atoms with Gasteiger partial charge in [-0.2, -0.15) is 0 Å². The molecule has 3 aromatic carbocycles. The normalized spacial score (nSPS) is 28.1. The van der Waals surface area contributed by atoms with Crippen LogP contribution in [0.25, 0.3) is 21.9 Å². The molecule has 0 aliphatic heterocycles. The fourth-order valence-electron chi connectivity index (χ4n) is 7.83. The first-order valence-electron chi connectivity index (χ1n) is 14.7. The number of hydrogen-bond donors (Lipinski definition) is 6. The highest BCUT2D eigenvalue weighted by Gasteiger charge is 2.45. The molecule has 44 heavy (non-hydrogen) atoms. The van der Waals surface area contributed by atoms with Gasteiger partial charge in [0, 0.05) is 67.2 Å². The number of benzene rings is 3. The topological polar surface area (TPSA) is 174 Å². The van der Waals surface area contributed by atoms with Crippen molar-refractivity contribution in [2.45, 2.75) is 83.2 Å². The summed E-state index contributed by atoms with van der Waals surface area (Å²) in [5, 5.41) is 68.5. The quantitative estimate of drug-likeness (QED) is 0.256. The Kier molecular flexibility index (Phi) is 6.83. The molecule has 0 amide bonds. The molecule has 234 valence electrons. The van der Waals surface area contributed by atoms with Gasteiger partial charge in [0.1, 0.15) is 23.0 Å². The molecular formula is C34H38O10. The van der Waals surface area contributed by atoms with Crippen LogP contribution in [0.5, 0.6) is 23.0 Å². The number of ketones is 2. The zero-order valence-corrected chi connectivity index (χ0v) is 25.7. The number of Topliss-reactive ketones (excluding diaryl/α,β-unsaturated/α-hetero) is 2. The number of rotatable bonds is 3. The van der Waals surface area contributed by atoms with E-state index in [4.69, 9.17) is 9.47 Å². The molecular weight excluding hydrogens is 568 g/mol. The Balaban J connectivity index is 1.85. The van der Waals surface area contributed by atoms with Gasteiger partial charge in [-0.1, -0.05) is 6.92 Å². The molecule has 0 aromatic heterocycles. The minimum atomic E-state index is -1.46. The summed E-state index contributed by atoms with van der Waals surface area (Å²) in [5.74, 6) is -2.27. The number of ether oxygens (including phenoxy) is 2. The van der Waals surface area contributed by atoms with E-state index in [1.165, 1.54) is 28.1 Å². The molecule has 3 aromatic rings. The van der Waals surface area contributed by atoms with Crippen LogP contribution in [0.1, 0.15) is 88.3 Å². The summed E-state index contributed by atoms with van der Waals surface area (Å²) in [6.45, 7) is 6.46. The standard InChI is InChI=1S/C34H38O10/c1-13-21(43-5)8-17-23(18-10-34(4,42)12-20(36)24(18)31(40)27(17)28(13)37)25-16-7-15-9-33(3,41)11-19(35)22(15)30(39)26(16)29(38)14(2)32(25)44-6/h7,13,21,28,37-42H,8-12H2,1-6H3/t13-,21+,28+,33-,34-/m0/s1. The van der Waals surface area contributed by atoms with Gasteiger partial charge in [-0.25, -0.2) is 0 Å². The number of carbonyl (C=O) groups is 2. The van der Waals surface area contributed by atoms with Crippen molar-refractivity contribution < 1.29 is 49.7 Å². The maximum Gasteiger partial charge on any atom is 0.169 e. The van der Waals surface area contributed by atoms with E-state index < -0.39 is 46.6 Å². The van der Waals surface area contributed by atoms with Crippen molar-refractivity contribution in [2.24, 2.45) is 5.92 Å². The van der Waals surface area contributed by atoms with E-state index in [1.807, 2.05) is 0 Å². The third-order valence-corrected chi connectivity index (χ3v) is 9.85. The van der Waals surface area contributed by atoms with Gasteiger partial charge in [-0.3, -0.25) is 9.59 Å². The van der Waals surface area contributed by atoms with Crippen molar-refractivity contribution in [1.82, 2.24) is 0 Å². The zero-order valence-electron chi connectivity index (χ0n) is 25.7. The first kappa shape index (κ1) is 30.3. The summed E-state index contributed by atoms with van der Waals surface area (Å²) in [6.07, 6.45) is -1.87. The molecule has 0 spiro atoms. The summed E-state index contributed by atoms with van der Waals surface area (Å²) < 4.78 is 11.6. The molecule has 3 aliphatic rings. The van der Waals surface area contributed by atoms with Crippen LogP contribution in [0.15, 0.2) is 6.07 Å². The summed E-state index contributed by atoms with van der Waals surface area (Å²) in [7, 11) is 2.94. The fraction of sp³-hybridized carbons (Fsp3) is 0.471. The second kappa shape index (κ2) is 9.90. The van der Waals surface area contributed by atoms with Crippen molar-refractivity contribution in [3.05, 3.63) is 45.0 Å². The Morgan fingerprint density at radius 3 is 2.05 bits per heavy atom. The van der Waals surface area contributed by atoms with Crippen molar-refractivity contribution >= 4 is 22.3 Å². The molecule has 0 radical (unpaired) electrons. The Labute approximate surface area is 254 Å². The highest BCUT2D eigenvalue weighted by atomic mass is 16.5. The maximum atomic E-state index is 13.6. The highest BCUT2D eigenvalue weighted by molar-refractivity contribution is 6.15. The Morgan fingerprint density at radius 2 is 1.43 bits per heavy atom.